The first-order valence-electron chi connectivity index (χ1n) is 6.91. The van der Waals surface area contributed by atoms with Crippen LogP contribution in [-0.2, 0) is 4.79 Å². The molecule has 1 amide bonds. The van der Waals surface area contributed by atoms with Gasteiger partial charge in [-0.25, -0.2) is 0 Å². The molecule has 2 rings (SSSR count). The Hall–Kier alpha value is -0.610. The van der Waals surface area contributed by atoms with Crippen LogP contribution in [0.25, 0.3) is 0 Å². The van der Waals surface area contributed by atoms with E-state index in [2.05, 4.69) is 17.1 Å². The van der Waals surface area contributed by atoms with Crippen molar-refractivity contribution >= 4 is 5.91 Å². The second kappa shape index (κ2) is 5.36. The maximum atomic E-state index is 11.9. The van der Waals surface area contributed by atoms with Gasteiger partial charge in [0.05, 0.1) is 6.04 Å². The number of amides is 1. The quantitative estimate of drug-likeness (QED) is 0.743. The Morgan fingerprint density at radius 3 is 2.76 bits per heavy atom. The van der Waals surface area contributed by atoms with Gasteiger partial charge in [0.1, 0.15) is 0 Å². The van der Waals surface area contributed by atoms with Gasteiger partial charge in [-0.05, 0) is 25.2 Å². The minimum absolute atomic E-state index is 0.0296. The predicted molar refractivity (Wildman–Crippen MR) is 68.6 cm³/mol. The summed E-state index contributed by atoms with van der Waals surface area (Å²) in [6.45, 7) is 6.26. The molecule has 0 spiro atoms. The third-order valence-electron chi connectivity index (χ3n) is 4.19. The predicted octanol–water partition coefficient (Wildman–Crippen LogP) is 0.713. The third-order valence-corrected chi connectivity index (χ3v) is 4.19. The lowest BCUT2D eigenvalue weighted by Crippen LogP contribution is -2.49. The third kappa shape index (κ3) is 3.19. The normalized spacial score (nSPS) is 29.0. The minimum Gasteiger partial charge on any atom is -0.351 e. The van der Waals surface area contributed by atoms with E-state index in [0.29, 0.717) is 6.04 Å². The van der Waals surface area contributed by atoms with Crippen LogP contribution in [0, 0.1) is 5.92 Å². The van der Waals surface area contributed by atoms with Gasteiger partial charge in [-0.15, -0.1) is 0 Å². The van der Waals surface area contributed by atoms with Gasteiger partial charge in [-0.2, -0.15) is 0 Å². The lowest BCUT2D eigenvalue weighted by atomic mass is 9.99. The number of nitrogens with one attached hydrogen (secondary N) is 1. The fourth-order valence-corrected chi connectivity index (χ4v) is 2.49. The molecule has 1 heterocycles. The summed E-state index contributed by atoms with van der Waals surface area (Å²) in [5.41, 5.74) is 5.93. The number of likely N-dealkylation sites (tertiary alicyclic amines) is 1. The van der Waals surface area contributed by atoms with Gasteiger partial charge in [-0.3, -0.25) is 9.69 Å². The van der Waals surface area contributed by atoms with Gasteiger partial charge >= 0.3 is 0 Å². The Bertz CT molecular complexity index is 278. The van der Waals surface area contributed by atoms with Crippen LogP contribution >= 0.6 is 0 Å². The summed E-state index contributed by atoms with van der Waals surface area (Å²) >= 11 is 0. The van der Waals surface area contributed by atoms with E-state index in [4.69, 9.17) is 5.73 Å². The van der Waals surface area contributed by atoms with E-state index in [-0.39, 0.29) is 17.9 Å². The number of hydrogen-bond acceptors (Lipinski definition) is 3. The Morgan fingerprint density at radius 1 is 1.47 bits per heavy atom. The van der Waals surface area contributed by atoms with Crippen molar-refractivity contribution in [3.8, 4) is 0 Å². The molecule has 98 valence electrons. The molecule has 1 aliphatic heterocycles. The van der Waals surface area contributed by atoms with Gasteiger partial charge in [0.25, 0.3) is 0 Å². The standard InChI is InChI=1S/C13H25N3O/c1-3-9(2)12(14)13(17)15-10-6-7-16(8-10)11-4-5-11/h9-12H,3-8,14H2,1-2H3,(H,15,17). The number of hydrogen-bond donors (Lipinski definition) is 2. The van der Waals surface area contributed by atoms with Crippen molar-refractivity contribution in [2.75, 3.05) is 13.1 Å². The van der Waals surface area contributed by atoms with Gasteiger partial charge < -0.3 is 11.1 Å². The Morgan fingerprint density at radius 2 is 2.18 bits per heavy atom. The van der Waals surface area contributed by atoms with Gasteiger partial charge in [-0.1, -0.05) is 20.3 Å². The van der Waals surface area contributed by atoms with Crippen LogP contribution in [0.3, 0.4) is 0 Å². The van der Waals surface area contributed by atoms with Crippen LogP contribution < -0.4 is 11.1 Å². The molecule has 0 radical (unpaired) electrons. The summed E-state index contributed by atoms with van der Waals surface area (Å²) in [5.74, 6) is 0.290. The lowest BCUT2D eigenvalue weighted by Gasteiger charge is -2.21. The van der Waals surface area contributed by atoms with E-state index < -0.39 is 0 Å². The molecule has 17 heavy (non-hydrogen) atoms. The molecule has 0 aromatic heterocycles. The highest BCUT2D eigenvalue weighted by Gasteiger charge is 2.35. The van der Waals surface area contributed by atoms with E-state index in [1.165, 1.54) is 12.8 Å². The van der Waals surface area contributed by atoms with Gasteiger partial charge in [0, 0.05) is 25.2 Å². The number of carbonyl (C=O) groups excluding carboxylic acids is 1. The van der Waals surface area contributed by atoms with Crippen molar-refractivity contribution in [2.24, 2.45) is 11.7 Å². The number of rotatable bonds is 5. The monoisotopic (exact) mass is 239 g/mol. The fourth-order valence-electron chi connectivity index (χ4n) is 2.49. The zero-order valence-corrected chi connectivity index (χ0v) is 11.0. The van der Waals surface area contributed by atoms with E-state index in [9.17, 15) is 4.79 Å². The molecule has 2 aliphatic rings. The van der Waals surface area contributed by atoms with Crippen LogP contribution in [-0.4, -0.2) is 42.0 Å². The highest BCUT2D eigenvalue weighted by atomic mass is 16.2. The first-order valence-corrected chi connectivity index (χ1v) is 6.91. The molecule has 2 fully saturated rings. The maximum Gasteiger partial charge on any atom is 0.237 e. The molecule has 3 N–H and O–H groups in total. The summed E-state index contributed by atoms with van der Waals surface area (Å²) < 4.78 is 0. The van der Waals surface area contributed by atoms with Crippen molar-refractivity contribution in [3.05, 3.63) is 0 Å². The molecule has 0 aromatic carbocycles. The molecule has 4 nitrogen and oxygen atoms in total. The number of nitrogens with zero attached hydrogens (tertiary/aromatic N) is 1. The Balaban J connectivity index is 1.75. The van der Waals surface area contributed by atoms with Crippen molar-refractivity contribution < 1.29 is 4.79 Å². The van der Waals surface area contributed by atoms with Crippen molar-refractivity contribution in [2.45, 2.75) is 57.7 Å². The van der Waals surface area contributed by atoms with Crippen LogP contribution in [0.15, 0.2) is 0 Å². The minimum atomic E-state index is -0.352. The number of carbonyl (C=O) groups is 1. The zero-order valence-electron chi connectivity index (χ0n) is 11.0. The van der Waals surface area contributed by atoms with Gasteiger partial charge in [0.15, 0.2) is 0 Å². The molecule has 0 aromatic rings. The second-order valence-electron chi connectivity index (χ2n) is 5.63. The van der Waals surface area contributed by atoms with Gasteiger partial charge in [0.2, 0.25) is 5.91 Å². The lowest BCUT2D eigenvalue weighted by molar-refractivity contribution is -0.124. The highest BCUT2D eigenvalue weighted by molar-refractivity contribution is 5.82. The smallest absolute Gasteiger partial charge is 0.237 e. The fraction of sp³-hybridized carbons (Fsp3) is 0.923. The van der Waals surface area contributed by atoms with E-state index >= 15 is 0 Å². The molecule has 1 aliphatic carbocycles. The Kier molecular flexibility index (Phi) is 4.05. The summed E-state index contributed by atoms with van der Waals surface area (Å²) in [5, 5.41) is 3.10. The molecular weight excluding hydrogens is 214 g/mol. The number of nitrogens with two attached hydrogens (primary N) is 1. The molecule has 4 heteroatoms. The zero-order chi connectivity index (χ0) is 12.4. The first-order chi connectivity index (χ1) is 8.11. The van der Waals surface area contributed by atoms with Crippen molar-refractivity contribution in [1.29, 1.82) is 0 Å². The summed E-state index contributed by atoms with van der Waals surface area (Å²) in [6, 6.07) is 0.772. The molecule has 3 atom stereocenters. The van der Waals surface area contributed by atoms with E-state index in [0.717, 1.165) is 32.0 Å². The average Bonchev–Trinajstić information content (AvgIpc) is 3.08. The molecule has 1 saturated heterocycles. The SMILES string of the molecule is CCC(C)C(N)C(=O)NC1CCN(C2CC2)C1. The van der Waals surface area contributed by atoms with Crippen LogP contribution in [0.2, 0.25) is 0 Å². The second-order valence-corrected chi connectivity index (χ2v) is 5.63. The largest absolute Gasteiger partial charge is 0.351 e. The first kappa shape index (κ1) is 12.8. The Labute approximate surface area is 104 Å². The highest BCUT2D eigenvalue weighted by Crippen LogP contribution is 2.29. The molecule has 3 unspecified atom stereocenters. The van der Waals surface area contributed by atoms with Crippen LogP contribution in [0.5, 0.6) is 0 Å². The van der Waals surface area contributed by atoms with Crippen molar-refractivity contribution in [3.63, 3.8) is 0 Å². The molecular formula is C13H25N3O. The molecule has 1 saturated carbocycles. The van der Waals surface area contributed by atoms with E-state index in [1.807, 2.05) is 6.92 Å². The maximum absolute atomic E-state index is 11.9. The summed E-state index contributed by atoms with van der Waals surface area (Å²) in [7, 11) is 0. The average molecular weight is 239 g/mol. The van der Waals surface area contributed by atoms with E-state index in [1.54, 1.807) is 0 Å². The van der Waals surface area contributed by atoms with Crippen LogP contribution in [0.1, 0.15) is 39.5 Å². The molecule has 0 bridgehead atoms. The van der Waals surface area contributed by atoms with Crippen LogP contribution in [0.4, 0.5) is 0 Å². The topological polar surface area (TPSA) is 58.4 Å². The summed E-state index contributed by atoms with van der Waals surface area (Å²) in [4.78, 5) is 14.4. The van der Waals surface area contributed by atoms with Crippen molar-refractivity contribution in [1.82, 2.24) is 10.2 Å². The summed E-state index contributed by atoms with van der Waals surface area (Å²) in [6.07, 6.45) is 4.71.